The second-order valence-electron chi connectivity index (χ2n) is 5.09. The molecule has 0 unspecified atom stereocenters. The predicted octanol–water partition coefficient (Wildman–Crippen LogP) is 4.50. The minimum Gasteiger partial charge on any atom is -0.484 e. The Balaban J connectivity index is 1.50. The quantitative estimate of drug-likeness (QED) is 0.728. The van der Waals surface area contributed by atoms with Gasteiger partial charge in [0.15, 0.2) is 6.61 Å². The first-order chi connectivity index (χ1) is 11.8. The summed E-state index contributed by atoms with van der Waals surface area (Å²) < 4.78 is 11.2. The molecule has 0 saturated carbocycles. The molecule has 0 bridgehead atoms. The maximum atomic E-state index is 11.8. The van der Waals surface area contributed by atoms with E-state index in [-0.39, 0.29) is 12.5 Å². The summed E-state index contributed by atoms with van der Waals surface area (Å²) >= 11 is 0. The molecule has 0 aliphatic rings. The first-order valence-corrected chi connectivity index (χ1v) is 7.60. The highest BCUT2D eigenvalue weighted by Gasteiger charge is 2.04. The zero-order valence-corrected chi connectivity index (χ0v) is 13.0. The molecule has 0 aliphatic heterocycles. The van der Waals surface area contributed by atoms with E-state index < -0.39 is 0 Å². The molecule has 3 aromatic rings. The highest BCUT2D eigenvalue weighted by Crippen LogP contribution is 2.23. The molecule has 1 amide bonds. The van der Waals surface area contributed by atoms with Gasteiger partial charge in [0.05, 0.1) is 0 Å². The van der Waals surface area contributed by atoms with E-state index in [0.717, 1.165) is 11.4 Å². The van der Waals surface area contributed by atoms with Crippen molar-refractivity contribution in [3.05, 3.63) is 84.9 Å². The summed E-state index contributed by atoms with van der Waals surface area (Å²) in [6, 6.07) is 26.0. The van der Waals surface area contributed by atoms with E-state index in [9.17, 15) is 4.79 Å². The maximum Gasteiger partial charge on any atom is 0.262 e. The fourth-order valence-corrected chi connectivity index (χ4v) is 2.10. The van der Waals surface area contributed by atoms with Gasteiger partial charge in [0.2, 0.25) is 0 Å². The van der Waals surface area contributed by atoms with Crippen LogP contribution in [0.2, 0.25) is 0 Å². The van der Waals surface area contributed by atoms with Crippen LogP contribution >= 0.6 is 0 Å². The lowest BCUT2D eigenvalue weighted by molar-refractivity contribution is -0.118. The summed E-state index contributed by atoms with van der Waals surface area (Å²) in [5, 5.41) is 2.77. The first kappa shape index (κ1) is 15.6. The Kier molecular flexibility index (Phi) is 5.10. The van der Waals surface area contributed by atoms with Crippen molar-refractivity contribution in [1.82, 2.24) is 0 Å². The summed E-state index contributed by atoms with van der Waals surface area (Å²) in [4.78, 5) is 11.8. The molecule has 0 saturated heterocycles. The number of carbonyl (C=O) groups excluding carboxylic acids is 1. The molecule has 0 heterocycles. The van der Waals surface area contributed by atoms with Crippen LogP contribution in [-0.2, 0) is 4.79 Å². The van der Waals surface area contributed by atoms with E-state index in [0.29, 0.717) is 11.5 Å². The lowest BCUT2D eigenvalue weighted by Crippen LogP contribution is -2.20. The van der Waals surface area contributed by atoms with Crippen molar-refractivity contribution >= 4 is 11.6 Å². The fourth-order valence-electron chi connectivity index (χ4n) is 2.10. The molecular weight excluding hydrogens is 302 g/mol. The zero-order valence-electron chi connectivity index (χ0n) is 13.0. The monoisotopic (exact) mass is 319 g/mol. The lowest BCUT2D eigenvalue weighted by Gasteiger charge is -2.09. The number of benzene rings is 3. The molecule has 0 atom stereocenters. The summed E-state index contributed by atoms with van der Waals surface area (Å²) in [5.41, 5.74) is 0.748. The molecule has 0 fully saturated rings. The van der Waals surface area contributed by atoms with Gasteiger partial charge in [0.25, 0.3) is 5.91 Å². The van der Waals surface area contributed by atoms with Crippen molar-refractivity contribution in [3.63, 3.8) is 0 Å². The van der Waals surface area contributed by atoms with Gasteiger partial charge in [-0.25, -0.2) is 0 Å². The van der Waals surface area contributed by atoms with Gasteiger partial charge in [-0.15, -0.1) is 0 Å². The minimum atomic E-state index is -0.203. The normalized spacial score (nSPS) is 10.0. The average Bonchev–Trinajstić information content (AvgIpc) is 2.63. The van der Waals surface area contributed by atoms with Crippen LogP contribution in [-0.4, -0.2) is 12.5 Å². The summed E-state index contributed by atoms with van der Waals surface area (Å²) in [6.07, 6.45) is 0. The Morgan fingerprint density at radius 3 is 1.92 bits per heavy atom. The van der Waals surface area contributed by atoms with Crippen LogP contribution in [0.3, 0.4) is 0 Å². The second-order valence-corrected chi connectivity index (χ2v) is 5.09. The van der Waals surface area contributed by atoms with Gasteiger partial charge in [-0.05, 0) is 48.5 Å². The smallest absolute Gasteiger partial charge is 0.262 e. The summed E-state index contributed by atoms with van der Waals surface area (Å²) in [5.74, 6) is 1.89. The van der Waals surface area contributed by atoms with E-state index in [1.807, 2.05) is 60.7 Å². The highest BCUT2D eigenvalue weighted by atomic mass is 16.5. The standard InChI is InChI=1S/C20H17NO3/c22-20(21-16-7-3-1-4-8-16)15-23-17-11-13-19(14-12-17)24-18-9-5-2-6-10-18/h1-14H,15H2,(H,21,22). The van der Waals surface area contributed by atoms with E-state index >= 15 is 0 Å². The number of rotatable bonds is 6. The molecule has 24 heavy (non-hydrogen) atoms. The van der Waals surface area contributed by atoms with Gasteiger partial charge in [0.1, 0.15) is 17.2 Å². The number of nitrogens with one attached hydrogen (secondary N) is 1. The van der Waals surface area contributed by atoms with Crippen molar-refractivity contribution in [2.24, 2.45) is 0 Å². The van der Waals surface area contributed by atoms with Gasteiger partial charge in [-0.1, -0.05) is 36.4 Å². The zero-order chi connectivity index (χ0) is 16.6. The Labute approximate surface area is 140 Å². The largest absolute Gasteiger partial charge is 0.484 e. The number of anilines is 1. The number of carbonyl (C=O) groups is 1. The van der Waals surface area contributed by atoms with E-state index in [2.05, 4.69) is 5.32 Å². The molecule has 3 rings (SSSR count). The van der Waals surface area contributed by atoms with Crippen molar-refractivity contribution in [1.29, 1.82) is 0 Å². The Bertz CT molecular complexity index is 771. The van der Waals surface area contributed by atoms with Gasteiger partial charge < -0.3 is 14.8 Å². The highest BCUT2D eigenvalue weighted by molar-refractivity contribution is 5.91. The van der Waals surface area contributed by atoms with E-state index in [1.165, 1.54) is 0 Å². The number of hydrogen-bond acceptors (Lipinski definition) is 3. The van der Waals surface area contributed by atoms with Gasteiger partial charge in [-0.2, -0.15) is 0 Å². The number of ether oxygens (including phenoxy) is 2. The number of hydrogen-bond donors (Lipinski definition) is 1. The Hall–Kier alpha value is -3.27. The Morgan fingerprint density at radius 2 is 1.25 bits per heavy atom. The van der Waals surface area contributed by atoms with Crippen LogP contribution in [0.4, 0.5) is 5.69 Å². The topological polar surface area (TPSA) is 47.6 Å². The molecule has 1 N–H and O–H groups in total. The molecule has 4 heteroatoms. The molecule has 120 valence electrons. The summed E-state index contributed by atoms with van der Waals surface area (Å²) in [7, 11) is 0. The second kappa shape index (κ2) is 7.83. The third-order valence-electron chi connectivity index (χ3n) is 3.23. The minimum absolute atomic E-state index is 0.0478. The third kappa shape index (κ3) is 4.61. The van der Waals surface area contributed by atoms with Crippen LogP contribution in [0, 0.1) is 0 Å². The van der Waals surface area contributed by atoms with E-state index in [4.69, 9.17) is 9.47 Å². The number of amides is 1. The van der Waals surface area contributed by atoms with Crippen molar-refractivity contribution < 1.29 is 14.3 Å². The van der Waals surface area contributed by atoms with Gasteiger partial charge >= 0.3 is 0 Å². The van der Waals surface area contributed by atoms with Crippen LogP contribution in [0.5, 0.6) is 17.2 Å². The molecular formula is C20H17NO3. The van der Waals surface area contributed by atoms with Crippen LogP contribution in [0.15, 0.2) is 84.9 Å². The molecule has 0 spiro atoms. The van der Waals surface area contributed by atoms with Gasteiger partial charge in [0, 0.05) is 5.69 Å². The van der Waals surface area contributed by atoms with Crippen LogP contribution in [0.1, 0.15) is 0 Å². The SMILES string of the molecule is O=C(COc1ccc(Oc2ccccc2)cc1)Nc1ccccc1. The lowest BCUT2D eigenvalue weighted by atomic mass is 10.3. The van der Waals surface area contributed by atoms with Crippen molar-refractivity contribution in [2.45, 2.75) is 0 Å². The first-order valence-electron chi connectivity index (χ1n) is 7.60. The predicted molar refractivity (Wildman–Crippen MR) is 93.5 cm³/mol. The van der Waals surface area contributed by atoms with Gasteiger partial charge in [-0.3, -0.25) is 4.79 Å². The molecule has 0 aromatic heterocycles. The number of para-hydroxylation sites is 2. The van der Waals surface area contributed by atoms with Crippen molar-refractivity contribution in [3.8, 4) is 17.2 Å². The average molecular weight is 319 g/mol. The summed E-state index contributed by atoms with van der Waals surface area (Å²) in [6.45, 7) is -0.0478. The Morgan fingerprint density at radius 1 is 0.708 bits per heavy atom. The molecule has 3 aromatic carbocycles. The van der Waals surface area contributed by atoms with E-state index in [1.54, 1.807) is 24.3 Å². The third-order valence-corrected chi connectivity index (χ3v) is 3.23. The fraction of sp³-hybridized carbons (Fsp3) is 0.0500. The van der Waals surface area contributed by atoms with Crippen molar-refractivity contribution in [2.75, 3.05) is 11.9 Å². The maximum absolute atomic E-state index is 11.8. The molecule has 0 radical (unpaired) electrons. The molecule has 4 nitrogen and oxygen atoms in total. The molecule has 0 aliphatic carbocycles. The van der Waals surface area contributed by atoms with Crippen LogP contribution < -0.4 is 14.8 Å². The van der Waals surface area contributed by atoms with Crippen LogP contribution in [0.25, 0.3) is 0 Å².